The van der Waals surface area contributed by atoms with Gasteiger partial charge in [0.25, 0.3) is 0 Å². The zero-order valence-electron chi connectivity index (χ0n) is 15.7. The number of ether oxygens (including phenoxy) is 3. The molecule has 0 saturated carbocycles. The van der Waals surface area contributed by atoms with Gasteiger partial charge in [0, 0.05) is 11.4 Å². The smallest absolute Gasteiger partial charge is 0.346 e. The summed E-state index contributed by atoms with van der Waals surface area (Å²) in [7, 11) is 4.71. The summed E-state index contributed by atoms with van der Waals surface area (Å²) in [6.45, 7) is 0. The molecule has 27 heavy (non-hydrogen) atoms. The van der Waals surface area contributed by atoms with Crippen LogP contribution in [0.3, 0.4) is 0 Å². The molecule has 0 radical (unpaired) electrons. The monoisotopic (exact) mass is 385 g/mol. The summed E-state index contributed by atoms with van der Waals surface area (Å²) >= 11 is 1.53. The topological polar surface area (TPSA) is 56.8 Å². The van der Waals surface area contributed by atoms with E-state index < -0.39 is 0 Å². The third kappa shape index (κ3) is 4.39. The molecule has 0 spiro atoms. The van der Waals surface area contributed by atoms with Crippen LogP contribution in [0.1, 0.15) is 23.6 Å². The highest BCUT2D eigenvalue weighted by molar-refractivity contribution is 8.04. The molecule has 2 aromatic carbocycles. The molecule has 3 rings (SSSR count). The van der Waals surface area contributed by atoms with Crippen molar-refractivity contribution < 1.29 is 19.0 Å². The van der Waals surface area contributed by atoms with E-state index in [9.17, 15) is 4.79 Å². The van der Waals surface area contributed by atoms with Gasteiger partial charge in [0.05, 0.1) is 27.4 Å². The Morgan fingerprint density at radius 3 is 1.89 bits per heavy atom. The van der Waals surface area contributed by atoms with Crippen LogP contribution in [0.25, 0.3) is 0 Å². The van der Waals surface area contributed by atoms with Gasteiger partial charge in [-0.15, -0.1) is 11.8 Å². The Morgan fingerprint density at radius 1 is 0.926 bits per heavy atom. The van der Waals surface area contributed by atoms with Crippen molar-refractivity contribution in [3.8, 4) is 11.5 Å². The largest absolute Gasteiger partial charge is 0.497 e. The standard InChI is InChI=1S/C21H23NO4S/c1-24-16-8-4-14(5-9-16)19(15-6-10-17(25-2)11-7-15)22-18-12-13-27-20(18)21(23)26-3/h4-11,19,22H,12-13H2,1-3H3. The lowest BCUT2D eigenvalue weighted by atomic mass is 9.97. The molecule has 0 aliphatic carbocycles. The molecule has 2 aromatic rings. The molecule has 1 aliphatic rings. The van der Waals surface area contributed by atoms with Gasteiger partial charge < -0.3 is 19.5 Å². The van der Waals surface area contributed by atoms with Crippen molar-refractivity contribution in [2.75, 3.05) is 27.1 Å². The van der Waals surface area contributed by atoms with E-state index in [1.807, 2.05) is 48.5 Å². The molecule has 0 aromatic heterocycles. The maximum Gasteiger partial charge on any atom is 0.346 e. The molecule has 0 saturated heterocycles. The first kappa shape index (κ1) is 19.2. The molecule has 6 heteroatoms. The first-order valence-electron chi connectivity index (χ1n) is 8.65. The lowest BCUT2D eigenvalue weighted by Crippen LogP contribution is -2.23. The van der Waals surface area contributed by atoms with E-state index in [-0.39, 0.29) is 12.0 Å². The van der Waals surface area contributed by atoms with Gasteiger partial charge >= 0.3 is 5.97 Å². The van der Waals surface area contributed by atoms with Crippen molar-refractivity contribution in [1.29, 1.82) is 0 Å². The van der Waals surface area contributed by atoms with Crippen molar-refractivity contribution in [1.82, 2.24) is 5.32 Å². The second-order valence-electron chi connectivity index (χ2n) is 6.02. The number of allylic oxidation sites excluding steroid dienone is 1. The summed E-state index contributed by atoms with van der Waals surface area (Å²) < 4.78 is 15.5. The Kier molecular flexibility index (Phi) is 6.29. The van der Waals surface area contributed by atoms with E-state index in [0.29, 0.717) is 4.91 Å². The summed E-state index contributed by atoms with van der Waals surface area (Å²) in [5.41, 5.74) is 3.08. The third-order valence-corrected chi connectivity index (χ3v) is 5.57. The second kappa shape index (κ2) is 8.86. The normalized spacial score (nSPS) is 13.6. The van der Waals surface area contributed by atoms with Gasteiger partial charge in [-0.25, -0.2) is 4.79 Å². The number of benzene rings is 2. The molecular weight excluding hydrogens is 362 g/mol. The average molecular weight is 385 g/mol. The van der Waals surface area contributed by atoms with Crippen molar-refractivity contribution in [3.05, 3.63) is 70.3 Å². The minimum absolute atomic E-state index is 0.102. The van der Waals surface area contributed by atoms with E-state index >= 15 is 0 Å². The number of thioether (sulfide) groups is 1. The molecule has 142 valence electrons. The van der Waals surface area contributed by atoms with E-state index in [1.165, 1.54) is 18.9 Å². The number of methoxy groups -OCH3 is 3. The van der Waals surface area contributed by atoms with Gasteiger partial charge in [0.2, 0.25) is 0 Å². The van der Waals surface area contributed by atoms with Crippen LogP contribution in [0.2, 0.25) is 0 Å². The predicted molar refractivity (Wildman–Crippen MR) is 107 cm³/mol. The Balaban J connectivity index is 1.97. The van der Waals surface area contributed by atoms with Crippen LogP contribution in [0.5, 0.6) is 11.5 Å². The number of hydrogen-bond acceptors (Lipinski definition) is 6. The van der Waals surface area contributed by atoms with Crippen LogP contribution < -0.4 is 14.8 Å². The van der Waals surface area contributed by atoms with E-state index in [0.717, 1.165) is 40.5 Å². The fourth-order valence-corrected chi connectivity index (χ4v) is 4.04. The number of rotatable bonds is 7. The van der Waals surface area contributed by atoms with Crippen LogP contribution in [-0.2, 0) is 9.53 Å². The summed E-state index contributed by atoms with van der Waals surface area (Å²) in [4.78, 5) is 12.7. The van der Waals surface area contributed by atoms with Crippen LogP contribution >= 0.6 is 11.8 Å². The molecular formula is C21H23NO4S. The molecule has 0 fully saturated rings. The Hall–Kier alpha value is -2.60. The number of hydrogen-bond donors (Lipinski definition) is 1. The van der Waals surface area contributed by atoms with Crippen LogP contribution in [0.4, 0.5) is 0 Å². The Morgan fingerprint density at radius 2 is 1.44 bits per heavy atom. The molecule has 0 bridgehead atoms. The SMILES string of the molecule is COC(=O)C1=C(NC(c2ccc(OC)cc2)c2ccc(OC)cc2)CCS1. The second-order valence-corrected chi connectivity index (χ2v) is 7.13. The van der Waals surface area contributed by atoms with E-state index in [1.54, 1.807) is 14.2 Å². The minimum atomic E-state index is -0.289. The maximum absolute atomic E-state index is 12.1. The van der Waals surface area contributed by atoms with E-state index in [2.05, 4.69) is 5.32 Å². The summed E-state index contributed by atoms with van der Waals surface area (Å²) in [5.74, 6) is 2.18. The van der Waals surface area contributed by atoms with Gasteiger partial charge in [-0.1, -0.05) is 24.3 Å². The van der Waals surface area contributed by atoms with Crippen molar-refractivity contribution in [2.24, 2.45) is 0 Å². The molecule has 1 heterocycles. The molecule has 0 atom stereocenters. The first-order valence-corrected chi connectivity index (χ1v) is 9.63. The molecule has 0 unspecified atom stereocenters. The van der Waals surface area contributed by atoms with Gasteiger partial charge in [-0.3, -0.25) is 0 Å². The highest BCUT2D eigenvalue weighted by Gasteiger charge is 2.25. The summed E-state index contributed by atoms with van der Waals surface area (Å²) in [6.07, 6.45) is 0.803. The molecule has 0 amide bonds. The number of carbonyl (C=O) groups is 1. The summed E-state index contributed by atoms with van der Waals surface area (Å²) in [6, 6.07) is 15.8. The highest BCUT2D eigenvalue weighted by atomic mass is 32.2. The Bertz CT molecular complexity index is 768. The van der Waals surface area contributed by atoms with Crippen LogP contribution in [-0.4, -0.2) is 33.1 Å². The van der Waals surface area contributed by atoms with Crippen LogP contribution in [0.15, 0.2) is 59.1 Å². The average Bonchev–Trinajstić information content (AvgIpc) is 3.20. The summed E-state index contributed by atoms with van der Waals surface area (Å²) in [5, 5.41) is 3.57. The number of esters is 1. The number of carbonyl (C=O) groups excluding carboxylic acids is 1. The fourth-order valence-electron chi connectivity index (χ4n) is 2.99. The fraction of sp³-hybridized carbons (Fsp3) is 0.286. The van der Waals surface area contributed by atoms with Crippen LogP contribution in [0, 0.1) is 0 Å². The van der Waals surface area contributed by atoms with Gasteiger partial charge in [-0.2, -0.15) is 0 Å². The van der Waals surface area contributed by atoms with Gasteiger partial charge in [0.1, 0.15) is 16.4 Å². The zero-order valence-corrected chi connectivity index (χ0v) is 16.5. The third-order valence-electron chi connectivity index (χ3n) is 4.46. The lowest BCUT2D eigenvalue weighted by Gasteiger charge is -2.23. The lowest BCUT2D eigenvalue weighted by molar-refractivity contribution is -0.135. The number of nitrogens with one attached hydrogen (secondary N) is 1. The predicted octanol–water partition coefficient (Wildman–Crippen LogP) is 3.90. The Labute approximate surface area is 163 Å². The quantitative estimate of drug-likeness (QED) is 0.730. The van der Waals surface area contributed by atoms with Crippen molar-refractivity contribution >= 4 is 17.7 Å². The van der Waals surface area contributed by atoms with Gasteiger partial charge in [0.15, 0.2) is 0 Å². The molecule has 5 nitrogen and oxygen atoms in total. The molecule has 1 aliphatic heterocycles. The zero-order chi connectivity index (χ0) is 19.2. The van der Waals surface area contributed by atoms with Crippen molar-refractivity contribution in [2.45, 2.75) is 12.5 Å². The van der Waals surface area contributed by atoms with Crippen molar-refractivity contribution in [3.63, 3.8) is 0 Å². The van der Waals surface area contributed by atoms with Gasteiger partial charge in [-0.05, 0) is 41.8 Å². The maximum atomic E-state index is 12.1. The van der Waals surface area contributed by atoms with E-state index in [4.69, 9.17) is 14.2 Å². The highest BCUT2D eigenvalue weighted by Crippen LogP contribution is 2.34. The molecule has 1 N–H and O–H groups in total. The first-order chi connectivity index (χ1) is 13.2. The minimum Gasteiger partial charge on any atom is -0.497 e.